The van der Waals surface area contributed by atoms with Crippen molar-refractivity contribution in [1.82, 2.24) is 25.3 Å². The maximum Gasteiger partial charge on any atom is 0.243 e. The number of nitrogens with zero attached hydrogens (tertiary/aromatic N) is 4. The van der Waals surface area contributed by atoms with E-state index in [4.69, 9.17) is 12.6 Å². The second-order valence-corrected chi connectivity index (χ2v) is 13.0. The zero-order valence-corrected chi connectivity index (χ0v) is 25.7. The highest BCUT2D eigenvalue weighted by Crippen LogP contribution is 2.40. The van der Waals surface area contributed by atoms with E-state index in [1.807, 2.05) is 18.2 Å². The Morgan fingerprint density at radius 3 is 2.48 bits per heavy atom. The van der Waals surface area contributed by atoms with Crippen LogP contribution in [0.1, 0.15) is 71.3 Å². The molecule has 3 fully saturated rings. The highest BCUT2D eigenvalue weighted by Gasteiger charge is 2.39. The largest absolute Gasteiger partial charge is 0.369 e. The first-order chi connectivity index (χ1) is 21.4. The SMILES string of the molecule is O=C1CCC(N2Cc3ccc(CN4CCN(c5ccc(CC(=O)Nc6cc(C7CCC7)[nH]n6)cc5)CC4)cc3C2S)C(=O)N1. The summed E-state index contributed by atoms with van der Waals surface area (Å²) in [6.07, 6.45) is 4.87. The third-order valence-corrected chi connectivity index (χ3v) is 10.2. The zero-order valence-electron chi connectivity index (χ0n) is 24.8. The first-order valence-electron chi connectivity index (χ1n) is 15.7. The average molecular weight is 614 g/mol. The number of anilines is 2. The number of thiol groups is 1. The number of aromatic nitrogens is 2. The van der Waals surface area contributed by atoms with E-state index in [0.29, 0.717) is 37.5 Å². The van der Waals surface area contributed by atoms with Crippen molar-refractivity contribution in [2.45, 2.75) is 68.9 Å². The second kappa shape index (κ2) is 12.4. The smallest absolute Gasteiger partial charge is 0.243 e. The Hall–Kier alpha value is -3.67. The maximum absolute atomic E-state index is 12.6. The number of fused-ring (bicyclic) bond motifs is 1. The van der Waals surface area contributed by atoms with E-state index in [0.717, 1.165) is 49.5 Å². The molecule has 44 heavy (non-hydrogen) atoms. The number of rotatable bonds is 8. The van der Waals surface area contributed by atoms with E-state index in [1.165, 1.54) is 36.1 Å². The molecule has 0 bridgehead atoms. The van der Waals surface area contributed by atoms with Crippen molar-refractivity contribution in [1.29, 1.82) is 0 Å². The summed E-state index contributed by atoms with van der Waals surface area (Å²) in [6, 6.07) is 16.5. The summed E-state index contributed by atoms with van der Waals surface area (Å²) in [4.78, 5) is 43.6. The normalized spacial score (nSPS) is 22.9. The Labute approximate surface area is 263 Å². The fourth-order valence-corrected chi connectivity index (χ4v) is 7.30. The Morgan fingerprint density at radius 1 is 0.977 bits per heavy atom. The fourth-order valence-electron chi connectivity index (χ4n) is 6.82. The lowest BCUT2D eigenvalue weighted by Crippen LogP contribution is -2.51. The number of carbonyl (C=O) groups excluding carboxylic acids is 3. The van der Waals surface area contributed by atoms with Crippen LogP contribution in [-0.4, -0.2) is 69.9 Å². The molecule has 0 spiro atoms. The van der Waals surface area contributed by atoms with Gasteiger partial charge in [0, 0.05) is 69.1 Å². The molecule has 2 unspecified atom stereocenters. The Morgan fingerprint density at radius 2 is 1.75 bits per heavy atom. The predicted octanol–water partition coefficient (Wildman–Crippen LogP) is 3.73. The van der Waals surface area contributed by atoms with Gasteiger partial charge in [0.1, 0.15) is 0 Å². The minimum Gasteiger partial charge on any atom is -0.369 e. The van der Waals surface area contributed by atoms with Gasteiger partial charge < -0.3 is 10.2 Å². The highest BCUT2D eigenvalue weighted by atomic mass is 32.1. The number of aromatic amines is 1. The molecule has 2 saturated heterocycles. The number of amides is 3. The molecule has 3 amide bonds. The molecule has 1 saturated carbocycles. The van der Waals surface area contributed by atoms with Gasteiger partial charge in [-0.3, -0.25) is 34.6 Å². The number of H-pyrrole nitrogens is 1. The van der Waals surface area contributed by atoms with Gasteiger partial charge in [-0.25, -0.2) is 0 Å². The van der Waals surface area contributed by atoms with Crippen LogP contribution in [0.5, 0.6) is 0 Å². The second-order valence-electron chi connectivity index (χ2n) is 12.5. The van der Waals surface area contributed by atoms with E-state index < -0.39 is 0 Å². The third-order valence-electron chi connectivity index (χ3n) is 9.62. The monoisotopic (exact) mass is 613 g/mol. The van der Waals surface area contributed by atoms with Gasteiger partial charge in [-0.15, -0.1) is 0 Å². The van der Waals surface area contributed by atoms with Gasteiger partial charge in [-0.1, -0.05) is 36.8 Å². The summed E-state index contributed by atoms with van der Waals surface area (Å²) < 4.78 is 0. The molecule has 2 atom stereocenters. The summed E-state index contributed by atoms with van der Waals surface area (Å²) >= 11 is 4.88. The molecule has 230 valence electrons. The Balaban J connectivity index is 0.886. The van der Waals surface area contributed by atoms with Crippen LogP contribution in [0, 0.1) is 0 Å². The van der Waals surface area contributed by atoms with E-state index in [9.17, 15) is 14.4 Å². The standard InChI is InChI=1S/C33H39N7O3S/c41-30-11-10-28(32(43)35-30)40-20-24-7-4-22(16-26(24)33(40)44)19-38-12-14-39(15-13-38)25-8-5-21(6-9-25)17-31(42)34-29-18-27(36-37-29)23-2-1-3-23/h4-9,16,18,23,28,33,44H,1-3,10-15,17,19-20H2,(H,35,41,43)(H2,34,36,37,42). The van der Waals surface area contributed by atoms with E-state index in [1.54, 1.807) is 0 Å². The first kappa shape index (κ1) is 29.1. The molecule has 3 aromatic rings. The lowest BCUT2D eigenvalue weighted by Gasteiger charge is -2.36. The van der Waals surface area contributed by atoms with Crippen LogP contribution in [0.15, 0.2) is 48.5 Å². The van der Waals surface area contributed by atoms with Crippen LogP contribution in [-0.2, 0) is 33.9 Å². The van der Waals surface area contributed by atoms with Gasteiger partial charge in [0.25, 0.3) is 0 Å². The topological polar surface area (TPSA) is 114 Å². The van der Waals surface area contributed by atoms with E-state index in [-0.39, 0.29) is 29.1 Å². The van der Waals surface area contributed by atoms with Gasteiger partial charge in [0.2, 0.25) is 17.7 Å². The lowest BCUT2D eigenvalue weighted by atomic mass is 9.83. The molecule has 3 aliphatic heterocycles. The molecule has 11 heteroatoms. The lowest BCUT2D eigenvalue weighted by molar-refractivity contribution is -0.137. The Bertz CT molecular complexity index is 1540. The molecule has 4 heterocycles. The van der Waals surface area contributed by atoms with E-state index in [2.05, 4.69) is 65.9 Å². The molecule has 10 nitrogen and oxygen atoms in total. The van der Waals surface area contributed by atoms with Crippen molar-refractivity contribution < 1.29 is 14.4 Å². The molecule has 7 rings (SSSR count). The number of piperazine rings is 1. The number of imide groups is 1. The minimum absolute atomic E-state index is 0.0579. The summed E-state index contributed by atoms with van der Waals surface area (Å²) in [7, 11) is 0. The Kier molecular flexibility index (Phi) is 8.17. The van der Waals surface area contributed by atoms with Gasteiger partial charge in [-0.05, 0) is 53.6 Å². The van der Waals surface area contributed by atoms with Crippen LogP contribution >= 0.6 is 12.6 Å². The summed E-state index contributed by atoms with van der Waals surface area (Å²) in [5.74, 6) is 0.695. The van der Waals surface area contributed by atoms with Gasteiger partial charge in [-0.2, -0.15) is 17.7 Å². The number of benzene rings is 2. The van der Waals surface area contributed by atoms with Gasteiger partial charge in [0.05, 0.1) is 17.8 Å². The third kappa shape index (κ3) is 6.13. The average Bonchev–Trinajstić information content (AvgIpc) is 3.56. The molecular weight excluding hydrogens is 574 g/mol. The van der Waals surface area contributed by atoms with Crippen molar-refractivity contribution in [2.75, 3.05) is 36.4 Å². The first-order valence-corrected chi connectivity index (χ1v) is 16.2. The van der Waals surface area contributed by atoms with Gasteiger partial charge in [0.15, 0.2) is 5.82 Å². The maximum atomic E-state index is 12.6. The zero-order chi connectivity index (χ0) is 30.2. The molecule has 2 aromatic carbocycles. The van der Waals surface area contributed by atoms with Crippen molar-refractivity contribution in [2.24, 2.45) is 0 Å². The predicted molar refractivity (Wildman–Crippen MR) is 171 cm³/mol. The number of carbonyl (C=O) groups is 3. The van der Waals surface area contributed by atoms with Crippen molar-refractivity contribution in [3.63, 3.8) is 0 Å². The van der Waals surface area contributed by atoms with Crippen LogP contribution in [0.4, 0.5) is 11.5 Å². The number of hydrogen-bond acceptors (Lipinski definition) is 8. The summed E-state index contributed by atoms with van der Waals surface area (Å²) in [5, 5.41) is 12.6. The number of piperidine rings is 1. The molecule has 1 aliphatic carbocycles. The van der Waals surface area contributed by atoms with Crippen molar-refractivity contribution in [3.8, 4) is 0 Å². The van der Waals surface area contributed by atoms with Crippen LogP contribution in [0.2, 0.25) is 0 Å². The molecule has 0 radical (unpaired) electrons. The molecule has 4 aliphatic rings. The number of nitrogens with one attached hydrogen (secondary N) is 3. The molecule has 1 aromatic heterocycles. The number of hydrogen-bond donors (Lipinski definition) is 4. The van der Waals surface area contributed by atoms with E-state index >= 15 is 0 Å². The van der Waals surface area contributed by atoms with Crippen molar-refractivity contribution >= 4 is 41.9 Å². The van der Waals surface area contributed by atoms with Crippen LogP contribution < -0.4 is 15.5 Å². The minimum atomic E-state index is -0.322. The fraction of sp³-hybridized carbons (Fsp3) is 0.455. The molecular formula is C33H39N7O3S. The van der Waals surface area contributed by atoms with Crippen LogP contribution in [0.3, 0.4) is 0 Å². The van der Waals surface area contributed by atoms with Crippen molar-refractivity contribution in [3.05, 3.63) is 76.5 Å². The quantitative estimate of drug-likeness (QED) is 0.226. The highest BCUT2D eigenvalue weighted by molar-refractivity contribution is 7.80. The summed E-state index contributed by atoms with van der Waals surface area (Å²) in [5.41, 5.74) is 6.88. The van der Waals surface area contributed by atoms with Crippen LogP contribution in [0.25, 0.3) is 0 Å². The van der Waals surface area contributed by atoms with Gasteiger partial charge >= 0.3 is 0 Å². The summed E-state index contributed by atoms with van der Waals surface area (Å²) in [6.45, 7) is 5.33. The molecule has 3 N–H and O–H groups in total.